The Bertz CT molecular complexity index is 591. The van der Waals surface area contributed by atoms with E-state index in [1.54, 1.807) is 6.07 Å². The predicted molar refractivity (Wildman–Crippen MR) is 77.7 cm³/mol. The molecule has 0 bridgehead atoms. The molecule has 9 heteroatoms. The van der Waals surface area contributed by atoms with Crippen LogP contribution in [0.25, 0.3) is 0 Å². The zero-order valence-corrected chi connectivity index (χ0v) is 12.3. The third-order valence-corrected chi connectivity index (χ3v) is 6.03. The maximum atomic E-state index is 11.3. The molecular formula is C10H13ClN2O4S2. The van der Waals surface area contributed by atoms with Crippen LogP contribution in [-0.2, 0) is 9.84 Å². The van der Waals surface area contributed by atoms with E-state index in [4.69, 9.17) is 5.73 Å². The molecule has 1 aliphatic rings. The Balaban J connectivity index is 0.00000180. The van der Waals surface area contributed by atoms with Gasteiger partial charge in [-0.15, -0.1) is 24.2 Å². The van der Waals surface area contributed by atoms with Crippen molar-refractivity contribution in [2.24, 2.45) is 0 Å². The van der Waals surface area contributed by atoms with Gasteiger partial charge < -0.3 is 5.73 Å². The first-order chi connectivity index (χ1) is 8.37. The molecular weight excluding hydrogens is 312 g/mol. The highest BCUT2D eigenvalue weighted by Crippen LogP contribution is 2.35. The lowest BCUT2D eigenvalue weighted by molar-refractivity contribution is -0.384. The van der Waals surface area contributed by atoms with Crippen LogP contribution in [0.1, 0.15) is 6.42 Å². The molecule has 106 valence electrons. The number of halogens is 1. The largest absolute Gasteiger partial charge is 0.398 e. The van der Waals surface area contributed by atoms with Crippen LogP contribution >= 0.6 is 24.2 Å². The van der Waals surface area contributed by atoms with Gasteiger partial charge in [0.15, 0.2) is 9.84 Å². The number of hydrogen-bond donors (Lipinski definition) is 1. The number of nitrogen functional groups attached to an aromatic ring is 1. The van der Waals surface area contributed by atoms with E-state index < -0.39 is 14.8 Å². The van der Waals surface area contributed by atoms with Gasteiger partial charge in [0.2, 0.25) is 0 Å². The number of hydrogen-bond acceptors (Lipinski definition) is 6. The maximum Gasteiger partial charge on any atom is 0.271 e. The molecule has 6 nitrogen and oxygen atoms in total. The molecule has 19 heavy (non-hydrogen) atoms. The minimum absolute atomic E-state index is 0. The SMILES string of the molecule is Cl.Nc1cc([N+](=O)[O-])ccc1SC1CCS(=O)(=O)C1. The van der Waals surface area contributed by atoms with Gasteiger partial charge in [-0.05, 0) is 12.5 Å². The van der Waals surface area contributed by atoms with Crippen molar-refractivity contribution in [2.75, 3.05) is 17.2 Å². The van der Waals surface area contributed by atoms with Gasteiger partial charge in [0.25, 0.3) is 5.69 Å². The molecule has 2 rings (SSSR count). The number of nitro groups is 1. The third-order valence-electron chi connectivity index (χ3n) is 2.69. The molecule has 2 N–H and O–H groups in total. The van der Waals surface area contributed by atoms with Crippen molar-refractivity contribution in [3.8, 4) is 0 Å². The molecule has 0 aliphatic carbocycles. The van der Waals surface area contributed by atoms with Gasteiger partial charge >= 0.3 is 0 Å². The lowest BCUT2D eigenvalue weighted by atomic mass is 10.3. The van der Waals surface area contributed by atoms with Crippen LogP contribution in [0.2, 0.25) is 0 Å². The van der Waals surface area contributed by atoms with Crippen LogP contribution in [0, 0.1) is 10.1 Å². The lowest BCUT2D eigenvalue weighted by Crippen LogP contribution is -2.06. The van der Waals surface area contributed by atoms with Crippen LogP contribution in [0.3, 0.4) is 0 Å². The van der Waals surface area contributed by atoms with Gasteiger partial charge in [0.05, 0.1) is 22.1 Å². The average Bonchev–Trinajstić information content (AvgIpc) is 2.61. The predicted octanol–water partition coefficient (Wildman–Crippen LogP) is 1.88. The maximum absolute atomic E-state index is 11.3. The molecule has 0 amide bonds. The number of nitro benzene ring substituents is 1. The van der Waals surface area contributed by atoms with Crippen molar-refractivity contribution >= 4 is 45.4 Å². The summed E-state index contributed by atoms with van der Waals surface area (Å²) >= 11 is 1.37. The molecule has 1 aromatic rings. The Morgan fingerprint density at radius 2 is 2.11 bits per heavy atom. The molecule has 0 saturated carbocycles. The summed E-state index contributed by atoms with van der Waals surface area (Å²) in [5, 5.41) is 10.5. The highest BCUT2D eigenvalue weighted by atomic mass is 35.5. The molecule has 0 radical (unpaired) electrons. The second-order valence-electron chi connectivity index (χ2n) is 4.12. The summed E-state index contributed by atoms with van der Waals surface area (Å²) in [5.41, 5.74) is 5.99. The number of rotatable bonds is 3. The quantitative estimate of drug-likeness (QED) is 0.517. The summed E-state index contributed by atoms with van der Waals surface area (Å²) < 4.78 is 22.7. The monoisotopic (exact) mass is 324 g/mol. The Morgan fingerprint density at radius 1 is 1.42 bits per heavy atom. The van der Waals surface area contributed by atoms with E-state index in [0.717, 1.165) is 0 Å². The second kappa shape index (κ2) is 5.98. The lowest BCUT2D eigenvalue weighted by Gasteiger charge is -2.09. The number of sulfone groups is 1. The first-order valence-electron chi connectivity index (χ1n) is 5.28. The Kier molecular flexibility index (Phi) is 5.05. The van der Waals surface area contributed by atoms with Crippen LogP contribution in [0.5, 0.6) is 0 Å². The van der Waals surface area contributed by atoms with Crippen molar-refractivity contribution < 1.29 is 13.3 Å². The van der Waals surface area contributed by atoms with Gasteiger partial charge in [-0.2, -0.15) is 0 Å². The summed E-state index contributed by atoms with van der Waals surface area (Å²) in [6.45, 7) is 0. The van der Waals surface area contributed by atoms with Crippen LogP contribution in [0.4, 0.5) is 11.4 Å². The molecule has 1 unspecified atom stereocenters. The van der Waals surface area contributed by atoms with Crippen LogP contribution < -0.4 is 5.73 Å². The molecule has 1 aliphatic heterocycles. The summed E-state index contributed by atoms with van der Waals surface area (Å²) in [4.78, 5) is 10.7. The highest BCUT2D eigenvalue weighted by molar-refractivity contribution is 8.02. The van der Waals surface area contributed by atoms with E-state index in [1.807, 2.05) is 0 Å². The van der Waals surface area contributed by atoms with Crippen molar-refractivity contribution in [1.29, 1.82) is 0 Å². The first-order valence-corrected chi connectivity index (χ1v) is 7.98. The fourth-order valence-electron chi connectivity index (χ4n) is 1.79. The van der Waals surface area contributed by atoms with E-state index in [-0.39, 0.29) is 34.9 Å². The van der Waals surface area contributed by atoms with Gasteiger partial charge in [-0.3, -0.25) is 10.1 Å². The van der Waals surface area contributed by atoms with Crippen molar-refractivity contribution in [1.82, 2.24) is 0 Å². The van der Waals surface area contributed by atoms with E-state index in [1.165, 1.54) is 23.9 Å². The van der Waals surface area contributed by atoms with E-state index in [9.17, 15) is 18.5 Å². The van der Waals surface area contributed by atoms with Crippen LogP contribution in [-0.4, -0.2) is 30.1 Å². The van der Waals surface area contributed by atoms with E-state index in [2.05, 4.69) is 0 Å². The van der Waals surface area contributed by atoms with Gasteiger partial charge in [-0.1, -0.05) is 0 Å². The smallest absolute Gasteiger partial charge is 0.271 e. The Labute approximate surface area is 121 Å². The van der Waals surface area contributed by atoms with E-state index >= 15 is 0 Å². The number of non-ortho nitro benzene ring substituents is 1. The molecule has 1 heterocycles. The zero-order chi connectivity index (χ0) is 13.3. The minimum Gasteiger partial charge on any atom is -0.398 e. The second-order valence-corrected chi connectivity index (χ2v) is 7.69. The molecule has 1 aromatic carbocycles. The topological polar surface area (TPSA) is 103 Å². The number of thioether (sulfide) groups is 1. The Hall–Kier alpha value is -0.990. The highest BCUT2D eigenvalue weighted by Gasteiger charge is 2.29. The first kappa shape index (κ1) is 16.1. The molecule has 0 aromatic heterocycles. The fraction of sp³-hybridized carbons (Fsp3) is 0.400. The normalized spacial score (nSPS) is 20.7. The molecule has 1 fully saturated rings. The summed E-state index contributed by atoms with van der Waals surface area (Å²) in [6, 6.07) is 4.25. The van der Waals surface area contributed by atoms with Crippen molar-refractivity contribution in [3.05, 3.63) is 28.3 Å². The number of nitrogens with two attached hydrogens (primary N) is 1. The number of benzene rings is 1. The standard InChI is InChI=1S/C10H12N2O4S2.ClH/c11-9-5-7(12(13)14)1-2-10(9)17-8-3-4-18(15,16)6-8;/h1-2,5,8H,3-4,6,11H2;1H. The summed E-state index contributed by atoms with van der Waals surface area (Å²) in [5.74, 6) is 0.353. The fourth-order valence-corrected chi connectivity index (χ4v) is 5.31. The minimum atomic E-state index is -2.92. The Morgan fingerprint density at radius 3 is 2.58 bits per heavy atom. The van der Waals surface area contributed by atoms with Crippen LogP contribution in [0.15, 0.2) is 23.1 Å². The van der Waals surface area contributed by atoms with Crippen molar-refractivity contribution in [2.45, 2.75) is 16.6 Å². The van der Waals surface area contributed by atoms with Gasteiger partial charge in [-0.25, -0.2) is 8.42 Å². The van der Waals surface area contributed by atoms with Gasteiger partial charge in [0.1, 0.15) is 0 Å². The average molecular weight is 325 g/mol. The zero-order valence-electron chi connectivity index (χ0n) is 9.81. The molecule has 1 atom stereocenters. The van der Waals surface area contributed by atoms with E-state index in [0.29, 0.717) is 17.0 Å². The third kappa shape index (κ3) is 3.99. The summed E-state index contributed by atoms with van der Waals surface area (Å²) in [7, 11) is -2.92. The van der Waals surface area contributed by atoms with Gasteiger partial charge in [0, 0.05) is 22.3 Å². The number of anilines is 1. The molecule has 0 spiro atoms. The van der Waals surface area contributed by atoms with Crippen molar-refractivity contribution in [3.63, 3.8) is 0 Å². The summed E-state index contributed by atoms with van der Waals surface area (Å²) in [6.07, 6.45) is 0.601. The molecule has 1 saturated heterocycles. The number of nitrogens with zero attached hydrogens (tertiary/aromatic N) is 1.